The lowest BCUT2D eigenvalue weighted by atomic mass is 10.0. The van der Waals surface area contributed by atoms with Crippen LogP contribution in [0.5, 0.6) is 11.5 Å². The Balaban J connectivity index is 1.73. The zero-order valence-electron chi connectivity index (χ0n) is 15.7. The van der Waals surface area contributed by atoms with Crippen molar-refractivity contribution in [3.63, 3.8) is 0 Å². The molecule has 0 radical (unpaired) electrons. The van der Waals surface area contributed by atoms with Crippen LogP contribution in [0.2, 0.25) is 0 Å². The van der Waals surface area contributed by atoms with Gasteiger partial charge in [0.1, 0.15) is 17.9 Å². The van der Waals surface area contributed by atoms with E-state index in [-0.39, 0.29) is 18.4 Å². The summed E-state index contributed by atoms with van der Waals surface area (Å²) in [6, 6.07) is 11.3. The van der Waals surface area contributed by atoms with E-state index < -0.39 is 0 Å². The lowest BCUT2D eigenvalue weighted by Crippen LogP contribution is -2.48. The van der Waals surface area contributed by atoms with Crippen molar-refractivity contribution in [2.75, 3.05) is 32.6 Å². The number of amides is 1. The largest absolute Gasteiger partial charge is 0.785 e. The van der Waals surface area contributed by atoms with Gasteiger partial charge in [-0.2, -0.15) is 4.57 Å². The highest BCUT2D eigenvalue weighted by Crippen LogP contribution is 2.29. The second kappa shape index (κ2) is 8.83. The highest BCUT2D eigenvalue weighted by Gasteiger charge is 2.26. The van der Waals surface area contributed by atoms with Crippen LogP contribution < -0.4 is 19.4 Å². The summed E-state index contributed by atoms with van der Waals surface area (Å²) in [6.45, 7) is 1.05. The van der Waals surface area contributed by atoms with Gasteiger partial charge in [-0.25, -0.2) is 0 Å². The van der Waals surface area contributed by atoms with Crippen molar-refractivity contribution >= 4 is 11.6 Å². The van der Waals surface area contributed by atoms with Gasteiger partial charge < -0.3 is 25.1 Å². The van der Waals surface area contributed by atoms with Gasteiger partial charge in [0.15, 0.2) is 17.9 Å². The van der Waals surface area contributed by atoms with Crippen LogP contribution in [0.15, 0.2) is 42.6 Å². The summed E-state index contributed by atoms with van der Waals surface area (Å²) in [5.74, 6) is 1.08. The number of rotatable bonds is 6. The Labute approximate surface area is 159 Å². The van der Waals surface area contributed by atoms with Crippen LogP contribution in [0.1, 0.15) is 24.6 Å². The summed E-state index contributed by atoms with van der Waals surface area (Å²) in [4.78, 5) is 12.7. The molecule has 1 fully saturated rings. The number of hydroxylamine groups is 2. The van der Waals surface area contributed by atoms with E-state index in [9.17, 15) is 10.0 Å². The van der Waals surface area contributed by atoms with E-state index in [0.717, 1.165) is 23.6 Å². The average Bonchev–Trinajstić information content (AvgIpc) is 2.69. The van der Waals surface area contributed by atoms with Crippen molar-refractivity contribution in [3.05, 3.63) is 53.5 Å². The Morgan fingerprint density at radius 1 is 1.22 bits per heavy atom. The molecule has 0 spiro atoms. The van der Waals surface area contributed by atoms with Gasteiger partial charge in [-0.15, -0.1) is 0 Å². The summed E-state index contributed by atoms with van der Waals surface area (Å²) in [5.41, 5.74) is 1.49. The summed E-state index contributed by atoms with van der Waals surface area (Å²) in [5, 5.41) is 15.4. The maximum atomic E-state index is 12.7. The van der Waals surface area contributed by atoms with Gasteiger partial charge in [-0.1, -0.05) is 6.07 Å². The van der Waals surface area contributed by atoms with Gasteiger partial charge in [0, 0.05) is 31.0 Å². The smallest absolute Gasteiger partial charge is 0.235 e. The number of carbonyl (C=O) groups excluding carboxylic acids is 1. The summed E-state index contributed by atoms with van der Waals surface area (Å²) < 4.78 is 12.7. The van der Waals surface area contributed by atoms with E-state index >= 15 is 0 Å². The number of hydrogen-bond donors (Lipinski definition) is 1. The number of methoxy groups -OCH3 is 2. The highest BCUT2D eigenvalue weighted by molar-refractivity contribution is 5.93. The van der Waals surface area contributed by atoms with Crippen LogP contribution in [0, 0.1) is 5.21 Å². The minimum absolute atomic E-state index is 0.136. The molecule has 0 aliphatic carbocycles. The number of nitrogens with zero attached hydrogens (tertiary/aromatic N) is 2. The minimum atomic E-state index is -0.136. The normalized spacial score (nSPS) is 15.4. The Bertz CT molecular complexity index is 789. The van der Waals surface area contributed by atoms with Gasteiger partial charge in [-0.3, -0.25) is 4.79 Å². The Kier molecular flexibility index (Phi) is 6.26. The zero-order chi connectivity index (χ0) is 19.2. The maximum absolute atomic E-state index is 12.7. The molecule has 27 heavy (non-hydrogen) atoms. The van der Waals surface area contributed by atoms with Crippen molar-refractivity contribution in [2.24, 2.45) is 0 Å². The molecule has 1 aromatic carbocycles. The fourth-order valence-corrected chi connectivity index (χ4v) is 3.39. The third-order valence-corrected chi connectivity index (χ3v) is 4.82. The first-order valence-corrected chi connectivity index (χ1v) is 9.03. The first-order chi connectivity index (χ1) is 13.1. The molecule has 1 N–H and O–H groups in total. The SMILES string of the molecule is COc1ccc(OC)c(NC(=O)Cc2cccc[n+]2C2CCN([O-])CC2)c1. The fourth-order valence-electron chi connectivity index (χ4n) is 3.39. The first kappa shape index (κ1) is 19.1. The Morgan fingerprint density at radius 2 is 2.00 bits per heavy atom. The molecule has 1 aliphatic rings. The summed E-state index contributed by atoms with van der Waals surface area (Å²) in [7, 11) is 3.14. The third kappa shape index (κ3) is 4.75. The lowest BCUT2D eigenvalue weighted by molar-refractivity contribution is -0.731. The number of aromatic nitrogens is 1. The first-order valence-electron chi connectivity index (χ1n) is 9.03. The second-order valence-corrected chi connectivity index (χ2v) is 6.55. The van der Waals surface area contributed by atoms with Crippen LogP contribution >= 0.6 is 0 Å². The molecular formula is C20H25N3O4. The molecule has 3 rings (SSSR count). The molecule has 144 valence electrons. The van der Waals surface area contributed by atoms with E-state index in [4.69, 9.17) is 9.47 Å². The lowest BCUT2D eigenvalue weighted by Gasteiger charge is -2.34. The van der Waals surface area contributed by atoms with Crippen molar-refractivity contribution in [2.45, 2.75) is 25.3 Å². The molecule has 2 heterocycles. The number of nitrogens with one attached hydrogen (secondary N) is 1. The van der Waals surface area contributed by atoms with Crippen molar-refractivity contribution in [1.29, 1.82) is 0 Å². The highest BCUT2D eigenvalue weighted by atomic mass is 16.5. The van der Waals surface area contributed by atoms with E-state index in [1.165, 1.54) is 0 Å². The maximum Gasteiger partial charge on any atom is 0.235 e. The average molecular weight is 371 g/mol. The number of benzene rings is 1. The quantitative estimate of drug-likeness (QED) is 0.789. The van der Waals surface area contributed by atoms with Crippen molar-refractivity contribution in [3.8, 4) is 11.5 Å². The molecular weight excluding hydrogens is 346 g/mol. The van der Waals surface area contributed by atoms with E-state index in [2.05, 4.69) is 9.88 Å². The van der Waals surface area contributed by atoms with Crippen LogP contribution in [0.25, 0.3) is 0 Å². The molecule has 1 saturated heterocycles. The Hall–Kier alpha value is -2.64. The van der Waals surface area contributed by atoms with Gasteiger partial charge in [0.2, 0.25) is 5.91 Å². The van der Waals surface area contributed by atoms with Crippen LogP contribution in [0.3, 0.4) is 0 Å². The topological polar surface area (TPSA) is 77.7 Å². The van der Waals surface area contributed by atoms with E-state index in [1.54, 1.807) is 32.4 Å². The van der Waals surface area contributed by atoms with Crippen LogP contribution in [0.4, 0.5) is 5.69 Å². The number of carbonyl (C=O) groups is 1. The monoisotopic (exact) mass is 371 g/mol. The molecule has 0 unspecified atom stereocenters. The molecule has 7 heteroatoms. The van der Waals surface area contributed by atoms with Gasteiger partial charge in [0.05, 0.1) is 19.9 Å². The predicted octanol–water partition coefficient (Wildman–Crippen LogP) is 2.31. The van der Waals surface area contributed by atoms with Crippen LogP contribution in [-0.2, 0) is 11.2 Å². The minimum Gasteiger partial charge on any atom is -0.785 e. The Morgan fingerprint density at radius 3 is 2.70 bits per heavy atom. The number of anilines is 1. The third-order valence-electron chi connectivity index (χ3n) is 4.82. The van der Waals surface area contributed by atoms with Crippen molar-refractivity contribution in [1.82, 2.24) is 5.06 Å². The number of hydrogen-bond acceptors (Lipinski definition) is 5. The zero-order valence-corrected chi connectivity index (χ0v) is 15.7. The molecule has 7 nitrogen and oxygen atoms in total. The van der Waals surface area contributed by atoms with E-state index in [1.807, 2.05) is 24.4 Å². The molecule has 2 aromatic rings. The summed E-state index contributed by atoms with van der Waals surface area (Å²) >= 11 is 0. The predicted molar refractivity (Wildman–Crippen MR) is 102 cm³/mol. The molecule has 1 aromatic heterocycles. The van der Waals surface area contributed by atoms with Gasteiger partial charge in [0.25, 0.3) is 0 Å². The molecule has 1 aliphatic heterocycles. The summed E-state index contributed by atoms with van der Waals surface area (Å²) in [6.07, 6.45) is 3.80. The second-order valence-electron chi connectivity index (χ2n) is 6.55. The van der Waals surface area contributed by atoms with Gasteiger partial charge in [-0.05, 0) is 25.2 Å². The van der Waals surface area contributed by atoms with E-state index in [0.29, 0.717) is 30.3 Å². The van der Waals surface area contributed by atoms with Gasteiger partial charge >= 0.3 is 0 Å². The van der Waals surface area contributed by atoms with Crippen molar-refractivity contribution < 1.29 is 18.8 Å². The number of ether oxygens (including phenoxy) is 2. The molecule has 0 atom stereocenters. The number of pyridine rings is 1. The molecule has 0 saturated carbocycles. The van der Waals surface area contributed by atoms with Crippen LogP contribution in [-0.4, -0.2) is 38.3 Å². The molecule has 0 bridgehead atoms. The molecule has 1 amide bonds. The standard InChI is InChI=1S/C20H25N3O4/c1-26-17-6-7-19(27-2)18(14-17)21-20(24)13-16-5-3-4-10-23(16)15-8-11-22(25)12-9-15/h3-7,10,14-15H,8-9,11-13H2,1-2H3,(H,21,24). The fraction of sp³-hybridized carbons (Fsp3) is 0.400. The number of piperidine rings is 1.